The molecule has 140 valence electrons. The summed E-state index contributed by atoms with van der Waals surface area (Å²) < 4.78 is 27.4. The number of sulfonamides is 1. The van der Waals surface area contributed by atoms with Gasteiger partial charge in [-0.15, -0.1) is 0 Å². The van der Waals surface area contributed by atoms with Gasteiger partial charge in [-0.2, -0.15) is 4.31 Å². The lowest BCUT2D eigenvalue weighted by Crippen LogP contribution is -2.48. The number of nitrogens with zero attached hydrogens (tertiary/aromatic N) is 3. The van der Waals surface area contributed by atoms with Crippen molar-refractivity contribution >= 4 is 15.8 Å². The Hall–Kier alpha value is -1.92. The standard InChI is InChI=1S/C20H27N3O2S/c1-16-6-5-7-19(21-16)22-12-14-23(15-13-22)26(24,25)18-10-8-17(9-11-18)20(2,3)4/h5-11H,12-15H2,1-4H3. The molecule has 0 amide bonds. The molecule has 3 rings (SSSR count). The molecule has 26 heavy (non-hydrogen) atoms. The molecular weight excluding hydrogens is 346 g/mol. The summed E-state index contributed by atoms with van der Waals surface area (Å²) in [5.41, 5.74) is 2.11. The van der Waals surface area contributed by atoms with Crippen molar-refractivity contribution in [2.75, 3.05) is 31.1 Å². The van der Waals surface area contributed by atoms with Gasteiger partial charge in [0, 0.05) is 31.9 Å². The first-order valence-electron chi connectivity index (χ1n) is 8.97. The summed E-state index contributed by atoms with van der Waals surface area (Å²) in [5.74, 6) is 0.913. The predicted molar refractivity (Wildman–Crippen MR) is 105 cm³/mol. The molecule has 0 radical (unpaired) electrons. The third-order valence-electron chi connectivity index (χ3n) is 4.79. The first-order valence-corrected chi connectivity index (χ1v) is 10.4. The van der Waals surface area contributed by atoms with Gasteiger partial charge in [-0.25, -0.2) is 13.4 Å². The molecule has 2 aromatic rings. The third kappa shape index (κ3) is 3.91. The molecule has 0 spiro atoms. The zero-order chi connectivity index (χ0) is 18.9. The highest BCUT2D eigenvalue weighted by atomic mass is 32.2. The van der Waals surface area contributed by atoms with Gasteiger partial charge in [0.15, 0.2) is 0 Å². The van der Waals surface area contributed by atoms with Crippen LogP contribution in [0.25, 0.3) is 0 Å². The summed E-state index contributed by atoms with van der Waals surface area (Å²) in [4.78, 5) is 7.04. The molecule has 1 aliphatic heterocycles. The molecule has 0 N–H and O–H groups in total. The molecule has 0 unspecified atom stereocenters. The Morgan fingerprint density at radius 1 is 0.923 bits per heavy atom. The van der Waals surface area contributed by atoms with Crippen LogP contribution in [0.2, 0.25) is 0 Å². The van der Waals surface area contributed by atoms with Gasteiger partial charge >= 0.3 is 0 Å². The van der Waals surface area contributed by atoms with Crippen LogP contribution in [0.4, 0.5) is 5.82 Å². The molecule has 1 saturated heterocycles. The lowest BCUT2D eigenvalue weighted by Gasteiger charge is -2.34. The molecule has 1 aliphatic rings. The Balaban J connectivity index is 1.72. The van der Waals surface area contributed by atoms with E-state index in [1.54, 1.807) is 16.4 Å². The molecule has 5 nitrogen and oxygen atoms in total. The highest BCUT2D eigenvalue weighted by Crippen LogP contribution is 2.25. The number of anilines is 1. The summed E-state index contributed by atoms with van der Waals surface area (Å²) >= 11 is 0. The maximum Gasteiger partial charge on any atom is 0.243 e. The molecular formula is C20H27N3O2S. The van der Waals surface area contributed by atoms with Crippen LogP contribution in [0.1, 0.15) is 32.0 Å². The number of benzene rings is 1. The van der Waals surface area contributed by atoms with E-state index >= 15 is 0 Å². The fraction of sp³-hybridized carbons (Fsp3) is 0.450. The molecule has 1 fully saturated rings. The van der Waals surface area contributed by atoms with Crippen molar-refractivity contribution in [3.63, 3.8) is 0 Å². The smallest absolute Gasteiger partial charge is 0.243 e. The lowest BCUT2D eigenvalue weighted by molar-refractivity contribution is 0.383. The van der Waals surface area contributed by atoms with Gasteiger partial charge in [-0.1, -0.05) is 39.0 Å². The summed E-state index contributed by atoms with van der Waals surface area (Å²) in [6, 6.07) is 13.2. The van der Waals surface area contributed by atoms with Crippen LogP contribution >= 0.6 is 0 Å². The van der Waals surface area contributed by atoms with E-state index < -0.39 is 10.0 Å². The van der Waals surface area contributed by atoms with Gasteiger partial charge in [-0.3, -0.25) is 0 Å². The van der Waals surface area contributed by atoms with Gasteiger partial charge in [0.1, 0.15) is 5.82 Å². The van der Waals surface area contributed by atoms with E-state index in [0.29, 0.717) is 31.1 Å². The van der Waals surface area contributed by atoms with E-state index in [9.17, 15) is 8.42 Å². The van der Waals surface area contributed by atoms with Crippen molar-refractivity contribution in [1.82, 2.24) is 9.29 Å². The second-order valence-electron chi connectivity index (χ2n) is 7.80. The van der Waals surface area contributed by atoms with E-state index in [1.165, 1.54) is 0 Å². The first-order chi connectivity index (χ1) is 12.2. The van der Waals surface area contributed by atoms with Crippen LogP contribution in [0.3, 0.4) is 0 Å². The minimum absolute atomic E-state index is 0.00866. The van der Waals surface area contributed by atoms with E-state index in [-0.39, 0.29) is 5.41 Å². The number of hydrogen-bond acceptors (Lipinski definition) is 4. The van der Waals surface area contributed by atoms with Crippen LogP contribution in [-0.2, 0) is 15.4 Å². The third-order valence-corrected chi connectivity index (χ3v) is 6.71. The molecule has 0 aliphatic carbocycles. The van der Waals surface area contributed by atoms with Gasteiger partial charge in [-0.05, 0) is 42.2 Å². The number of hydrogen-bond donors (Lipinski definition) is 0. The Labute approximate surface area is 156 Å². The minimum atomic E-state index is -3.45. The van der Waals surface area contributed by atoms with E-state index in [4.69, 9.17) is 0 Å². The van der Waals surface area contributed by atoms with E-state index in [2.05, 4.69) is 30.7 Å². The summed E-state index contributed by atoms with van der Waals surface area (Å²) in [6.45, 7) is 10.6. The second-order valence-corrected chi connectivity index (χ2v) is 9.74. The lowest BCUT2D eigenvalue weighted by atomic mass is 9.87. The first kappa shape index (κ1) is 18.9. The average Bonchev–Trinajstić information content (AvgIpc) is 2.61. The van der Waals surface area contributed by atoms with Gasteiger partial charge in [0.05, 0.1) is 4.90 Å². The maximum atomic E-state index is 12.9. The van der Waals surface area contributed by atoms with E-state index in [1.807, 2.05) is 37.3 Å². The fourth-order valence-corrected chi connectivity index (χ4v) is 4.56. The summed E-state index contributed by atoms with van der Waals surface area (Å²) in [7, 11) is -3.45. The van der Waals surface area contributed by atoms with Crippen LogP contribution in [0.15, 0.2) is 47.4 Å². The Bertz CT molecular complexity index is 863. The van der Waals surface area contributed by atoms with Crippen LogP contribution in [0.5, 0.6) is 0 Å². The molecule has 0 saturated carbocycles. The van der Waals surface area contributed by atoms with Crippen LogP contribution in [0, 0.1) is 6.92 Å². The van der Waals surface area contributed by atoms with Gasteiger partial charge in [0.2, 0.25) is 10.0 Å². The highest BCUT2D eigenvalue weighted by molar-refractivity contribution is 7.89. The largest absolute Gasteiger partial charge is 0.354 e. The van der Waals surface area contributed by atoms with Gasteiger partial charge < -0.3 is 4.90 Å². The Morgan fingerprint density at radius 2 is 1.54 bits per heavy atom. The predicted octanol–water partition coefficient (Wildman–Crippen LogP) is 3.20. The van der Waals surface area contributed by atoms with Crippen molar-refractivity contribution < 1.29 is 8.42 Å². The monoisotopic (exact) mass is 373 g/mol. The molecule has 1 aromatic heterocycles. The molecule has 6 heteroatoms. The molecule has 1 aromatic carbocycles. The van der Waals surface area contributed by atoms with Crippen molar-refractivity contribution in [2.24, 2.45) is 0 Å². The topological polar surface area (TPSA) is 53.5 Å². The van der Waals surface area contributed by atoms with Gasteiger partial charge in [0.25, 0.3) is 0 Å². The number of aromatic nitrogens is 1. The molecule has 0 bridgehead atoms. The van der Waals surface area contributed by atoms with Crippen LogP contribution < -0.4 is 4.90 Å². The Kier molecular flexibility index (Phi) is 5.08. The van der Waals surface area contributed by atoms with Crippen molar-refractivity contribution in [3.8, 4) is 0 Å². The quantitative estimate of drug-likeness (QED) is 0.829. The second kappa shape index (κ2) is 7.00. The number of piperazine rings is 1. The van der Waals surface area contributed by atoms with Crippen LogP contribution in [-0.4, -0.2) is 43.9 Å². The number of rotatable bonds is 3. The number of aryl methyl sites for hydroxylation is 1. The van der Waals surface area contributed by atoms with E-state index in [0.717, 1.165) is 17.1 Å². The molecule has 2 heterocycles. The minimum Gasteiger partial charge on any atom is -0.354 e. The average molecular weight is 374 g/mol. The molecule has 0 atom stereocenters. The fourth-order valence-electron chi connectivity index (χ4n) is 3.14. The number of pyridine rings is 1. The van der Waals surface area contributed by atoms with Crippen molar-refractivity contribution in [2.45, 2.75) is 38.0 Å². The summed E-state index contributed by atoms with van der Waals surface area (Å²) in [5, 5.41) is 0. The Morgan fingerprint density at radius 3 is 2.08 bits per heavy atom. The zero-order valence-electron chi connectivity index (χ0n) is 15.9. The van der Waals surface area contributed by atoms with Crippen molar-refractivity contribution in [1.29, 1.82) is 0 Å². The normalized spacial score (nSPS) is 16.7. The van der Waals surface area contributed by atoms with Crippen molar-refractivity contribution in [3.05, 3.63) is 53.7 Å². The SMILES string of the molecule is Cc1cccc(N2CCN(S(=O)(=O)c3ccc(C(C)(C)C)cc3)CC2)n1. The summed E-state index contributed by atoms with van der Waals surface area (Å²) in [6.07, 6.45) is 0. The highest BCUT2D eigenvalue weighted by Gasteiger charge is 2.29. The maximum absolute atomic E-state index is 12.9. The zero-order valence-corrected chi connectivity index (χ0v) is 16.8.